The lowest BCUT2D eigenvalue weighted by Crippen LogP contribution is -2.32. The molecule has 23 heavy (non-hydrogen) atoms. The fourth-order valence-electron chi connectivity index (χ4n) is 2.24. The van der Waals surface area contributed by atoms with Crippen LogP contribution in [0.25, 0.3) is 0 Å². The molecule has 2 N–H and O–H groups in total. The Morgan fingerprint density at radius 3 is 2.22 bits per heavy atom. The molecule has 0 spiro atoms. The zero-order chi connectivity index (χ0) is 17.1. The third-order valence-electron chi connectivity index (χ3n) is 3.29. The molecule has 0 aliphatic heterocycles. The molecular formula is C17H17F3N2O. The molecule has 0 aliphatic carbocycles. The number of hydrogen-bond donors (Lipinski definition) is 2. The van der Waals surface area contributed by atoms with Gasteiger partial charge in [-0.1, -0.05) is 6.07 Å². The molecule has 2 aromatic carbocycles. The minimum absolute atomic E-state index is 0.400. The number of carbonyl (C=O) groups is 1. The van der Waals surface area contributed by atoms with Crippen LogP contribution in [0, 0.1) is 31.3 Å². The van der Waals surface area contributed by atoms with Gasteiger partial charge in [-0.05, 0) is 56.2 Å². The van der Waals surface area contributed by atoms with Crippen LogP contribution in [-0.4, -0.2) is 11.9 Å². The summed E-state index contributed by atoms with van der Waals surface area (Å²) in [5.74, 6) is -4.90. The van der Waals surface area contributed by atoms with Crippen LogP contribution in [0.15, 0.2) is 30.3 Å². The van der Waals surface area contributed by atoms with Gasteiger partial charge in [-0.2, -0.15) is 0 Å². The van der Waals surface area contributed by atoms with Crippen molar-refractivity contribution in [1.82, 2.24) is 0 Å². The van der Waals surface area contributed by atoms with Crippen LogP contribution in [0.1, 0.15) is 18.1 Å². The van der Waals surface area contributed by atoms with Crippen molar-refractivity contribution in [3.63, 3.8) is 0 Å². The molecule has 122 valence electrons. The van der Waals surface area contributed by atoms with Gasteiger partial charge in [-0.3, -0.25) is 4.79 Å². The number of rotatable bonds is 4. The van der Waals surface area contributed by atoms with Gasteiger partial charge in [0.1, 0.15) is 6.04 Å². The first-order chi connectivity index (χ1) is 10.8. The van der Waals surface area contributed by atoms with Gasteiger partial charge in [0.2, 0.25) is 5.91 Å². The van der Waals surface area contributed by atoms with E-state index in [1.807, 2.05) is 32.0 Å². The Balaban J connectivity index is 2.10. The van der Waals surface area contributed by atoms with Crippen LogP contribution in [0.3, 0.4) is 0 Å². The van der Waals surface area contributed by atoms with Crippen LogP contribution in [-0.2, 0) is 4.79 Å². The molecule has 2 aromatic rings. The molecule has 0 aliphatic rings. The summed E-state index contributed by atoms with van der Waals surface area (Å²) in [4.78, 5) is 12.1. The zero-order valence-electron chi connectivity index (χ0n) is 13.0. The maximum atomic E-state index is 13.6. The van der Waals surface area contributed by atoms with E-state index in [1.54, 1.807) is 6.92 Å². The summed E-state index contributed by atoms with van der Waals surface area (Å²) >= 11 is 0. The molecule has 0 aromatic heterocycles. The number of halogens is 3. The van der Waals surface area contributed by atoms with Gasteiger partial charge in [-0.25, -0.2) is 13.2 Å². The molecular weight excluding hydrogens is 305 g/mol. The highest BCUT2D eigenvalue weighted by Gasteiger charge is 2.18. The molecule has 2 rings (SSSR count). The second-order valence-corrected chi connectivity index (χ2v) is 5.45. The van der Waals surface area contributed by atoms with Gasteiger partial charge in [0.05, 0.1) is 5.69 Å². The Morgan fingerprint density at radius 2 is 1.61 bits per heavy atom. The fraction of sp³-hybridized carbons (Fsp3) is 0.235. The third kappa shape index (κ3) is 4.03. The number of anilines is 2. The highest BCUT2D eigenvalue weighted by molar-refractivity contribution is 5.96. The first-order valence-electron chi connectivity index (χ1n) is 7.07. The topological polar surface area (TPSA) is 41.1 Å². The van der Waals surface area contributed by atoms with Crippen molar-refractivity contribution in [2.24, 2.45) is 0 Å². The molecule has 0 fully saturated rings. The molecule has 1 atom stereocenters. The first kappa shape index (κ1) is 16.9. The number of hydrogen-bond acceptors (Lipinski definition) is 2. The third-order valence-corrected chi connectivity index (χ3v) is 3.29. The molecule has 0 heterocycles. The van der Waals surface area contributed by atoms with Crippen molar-refractivity contribution in [1.29, 1.82) is 0 Å². The zero-order valence-corrected chi connectivity index (χ0v) is 13.0. The first-order valence-corrected chi connectivity index (χ1v) is 7.07. The Kier molecular flexibility index (Phi) is 4.93. The maximum Gasteiger partial charge on any atom is 0.246 e. The van der Waals surface area contributed by atoms with Crippen molar-refractivity contribution in [2.45, 2.75) is 26.8 Å². The molecule has 0 saturated heterocycles. The molecule has 0 radical (unpaired) electrons. The second kappa shape index (κ2) is 6.73. The lowest BCUT2D eigenvalue weighted by Gasteiger charge is -2.16. The number of aryl methyl sites for hydroxylation is 2. The van der Waals surface area contributed by atoms with Crippen LogP contribution in [0.2, 0.25) is 0 Å². The van der Waals surface area contributed by atoms with Gasteiger partial charge in [-0.15, -0.1) is 0 Å². The summed E-state index contributed by atoms with van der Waals surface area (Å²) in [5, 5.41) is 5.23. The van der Waals surface area contributed by atoms with Crippen LogP contribution in [0.5, 0.6) is 0 Å². The summed E-state index contributed by atoms with van der Waals surface area (Å²) in [7, 11) is 0. The SMILES string of the molecule is Cc1cc(C)cc(N[C@H](C)C(=O)Nc2ccc(F)c(F)c2F)c1. The minimum atomic E-state index is -1.61. The van der Waals surface area contributed by atoms with Crippen molar-refractivity contribution in [3.8, 4) is 0 Å². The van der Waals surface area contributed by atoms with Crippen LogP contribution in [0.4, 0.5) is 24.5 Å². The summed E-state index contributed by atoms with van der Waals surface area (Å²) in [6.07, 6.45) is 0. The van der Waals surface area contributed by atoms with E-state index in [0.29, 0.717) is 0 Å². The predicted octanol–water partition coefficient (Wildman–Crippen LogP) is 4.16. The lowest BCUT2D eigenvalue weighted by molar-refractivity contribution is -0.116. The lowest BCUT2D eigenvalue weighted by atomic mass is 10.1. The van der Waals surface area contributed by atoms with Crippen molar-refractivity contribution in [3.05, 3.63) is 58.9 Å². The average Bonchev–Trinajstić information content (AvgIpc) is 2.46. The number of nitrogens with one attached hydrogen (secondary N) is 2. The van der Waals surface area contributed by atoms with E-state index in [9.17, 15) is 18.0 Å². The quantitative estimate of drug-likeness (QED) is 0.830. The normalized spacial score (nSPS) is 11.9. The van der Waals surface area contributed by atoms with Gasteiger partial charge in [0, 0.05) is 5.69 Å². The molecule has 6 heteroatoms. The monoisotopic (exact) mass is 322 g/mol. The molecule has 0 saturated carbocycles. The predicted molar refractivity (Wildman–Crippen MR) is 83.9 cm³/mol. The van der Waals surface area contributed by atoms with Crippen LogP contribution < -0.4 is 10.6 Å². The van der Waals surface area contributed by atoms with Crippen molar-refractivity contribution in [2.75, 3.05) is 10.6 Å². The second-order valence-electron chi connectivity index (χ2n) is 5.45. The summed E-state index contributed by atoms with van der Waals surface area (Å²) in [6.45, 7) is 5.45. The van der Waals surface area contributed by atoms with E-state index in [4.69, 9.17) is 0 Å². The summed E-state index contributed by atoms with van der Waals surface area (Å²) in [6, 6.07) is 6.78. The largest absolute Gasteiger partial charge is 0.374 e. The van der Waals surface area contributed by atoms with Gasteiger partial charge in [0.25, 0.3) is 0 Å². The average molecular weight is 322 g/mol. The van der Waals surface area contributed by atoms with Crippen molar-refractivity contribution < 1.29 is 18.0 Å². The number of carbonyl (C=O) groups excluding carboxylic acids is 1. The smallest absolute Gasteiger partial charge is 0.246 e. The molecule has 3 nitrogen and oxygen atoms in total. The van der Waals surface area contributed by atoms with Gasteiger partial charge in [0.15, 0.2) is 17.5 Å². The minimum Gasteiger partial charge on any atom is -0.374 e. The Labute approximate surface area is 132 Å². The summed E-state index contributed by atoms with van der Waals surface area (Å²) < 4.78 is 39.6. The maximum absolute atomic E-state index is 13.6. The van der Waals surface area contributed by atoms with E-state index in [2.05, 4.69) is 10.6 Å². The van der Waals surface area contributed by atoms with E-state index in [0.717, 1.165) is 28.9 Å². The number of benzene rings is 2. The van der Waals surface area contributed by atoms with Gasteiger partial charge >= 0.3 is 0 Å². The van der Waals surface area contributed by atoms with Crippen molar-refractivity contribution >= 4 is 17.3 Å². The highest BCUT2D eigenvalue weighted by atomic mass is 19.2. The molecule has 0 bridgehead atoms. The van der Waals surface area contributed by atoms with E-state index in [-0.39, 0.29) is 0 Å². The Bertz CT molecular complexity index is 727. The Hall–Kier alpha value is -2.50. The number of amides is 1. The highest BCUT2D eigenvalue weighted by Crippen LogP contribution is 2.20. The molecule has 0 unspecified atom stereocenters. The van der Waals surface area contributed by atoms with E-state index in [1.165, 1.54) is 0 Å². The van der Waals surface area contributed by atoms with Crippen LogP contribution >= 0.6 is 0 Å². The van der Waals surface area contributed by atoms with Gasteiger partial charge < -0.3 is 10.6 Å². The van der Waals surface area contributed by atoms with E-state index >= 15 is 0 Å². The molecule has 1 amide bonds. The van der Waals surface area contributed by atoms with E-state index < -0.39 is 35.1 Å². The Morgan fingerprint density at radius 1 is 1.00 bits per heavy atom. The fourth-order valence-corrected chi connectivity index (χ4v) is 2.24. The summed E-state index contributed by atoms with van der Waals surface area (Å²) in [5.41, 5.74) is 2.41. The standard InChI is InChI=1S/C17H17F3N2O/c1-9-6-10(2)8-12(7-9)21-11(3)17(23)22-14-5-4-13(18)15(19)16(14)20/h4-8,11,21H,1-3H3,(H,22,23)/t11-/m1/s1.